The van der Waals surface area contributed by atoms with Crippen LogP contribution in [0.3, 0.4) is 0 Å². The number of furan rings is 2. The average molecular weight is 711 g/mol. The fourth-order valence-corrected chi connectivity index (χ4v) is 8.40. The van der Waals surface area contributed by atoms with E-state index in [-0.39, 0.29) is 54.6 Å². The zero-order valence-corrected chi connectivity index (χ0v) is 31.0. The van der Waals surface area contributed by atoms with Crippen molar-refractivity contribution in [1.29, 1.82) is 0 Å². The highest BCUT2D eigenvalue weighted by Gasteiger charge is 2.22. The molecule has 0 atom stereocenters. The number of hydrogen-bond acceptors (Lipinski definition) is 2. The van der Waals surface area contributed by atoms with Crippen molar-refractivity contribution in [3.63, 3.8) is 0 Å². The molecule has 0 N–H and O–H groups in total. The van der Waals surface area contributed by atoms with Crippen molar-refractivity contribution in [3.05, 3.63) is 109 Å². The van der Waals surface area contributed by atoms with Gasteiger partial charge in [-0.25, -0.2) is 0 Å². The van der Waals surface area contributed by atoms with E-state index >= 15 is 0 Å². The molecular weight excluding hydrogens is 693 g/mol. The summed E-state index contributed by atoms with van der Waals surface area (Å²) in [5.74, 6) is 0.437. The molecule has 0 saturated carbocycles. The summed E-state index contributed by atoms with van der Waals surface area (Å²) in [6.07, 6.45) is 0. The first kappa shape index (κ1) is 36.6. The first-order valence-corrected chi connectivity index (χ1v) is 18.4. The van der Waals surface area contributed by atoms with Crippen molar-refractivity contribution < 1.29 is 8.83 Å². The van der Waals surface area contributed by atoms with Gasteiger partial charge in [-0.2, -0.15) is 0 Å². The van der Waals surface area contributed by atoms with Crippen LogP contribution >= 0.6 is 0 Å². The Morgan fingerprint density at radius 3 is 1.22 bits per heavy atom. The quantitative estimate of drug-likeness (QED) is 0.203. The molecule has 12 heteroatoms. The molecular formula is C46H18B10O2. The van der Waals surface area contributed by atoms with Gasteiger partial charge in [0.25, 0.3) is 0 Å². The largest absolute Gasteiger partial charge is 0.456 e. The fourth-order valence-electron chi connectivity index (χ4n) is 8.40. The summed E-state index contributed by atoms with van der Waals surface area (Å²) < 4.78 is 12.8. The average Bonchev–Trinajstić information content (AvgIpc) is 3.83. The van der Waals surface area contributed by atoms with Gasteiger partial charge in [0.2, 0.25) is 0 Å². The van der Waals surface area contributed by atoms with E-state index in [0.717, 1.165) is 76.7 Å². The van der Waals surface area contributed by atoms with Crippen LogP contribution in [0.25, 0.3) is 99.2 Å². The van der Waals surface area contributed by atoms with Gasteiger partial charge in [-0.05, 0) is 97.4 Å². The molecule has 0 aliphatic heterocycles. The van der Waals surface area contributed by atoms with Crippen LogP contribution in [0.5, 0.6) is 0 Å². The van der Waals surface area contributed by atoms with Gasteiger partial charge >= 0.3 is 0 Å². The van der Waals surface area contributed by atoms with Gasteiger partial charge in [0.1, 0.15) is 101 Å². The molecule has 20 radical (unpaired) electrons. The van der Waals surface area contributed by atoms with E-state index in [9.17, 15) is 0 Å². The maximum atomic E-state index is 6.66. The van der Waals surface area contributed by atoms with Gasteiger partial charge in [-0.15, -0.1) is 32.8 Å². The molecule has 0 amide bonds. The minimum absolute atomic E-state index is 0.148. The van der Waals surface area contributed by atoms with Crippen molar-refractivity contribution in [1.82, 2.24) is 0 Å². The lowest BCUT2D eigenvalue weighted by Gasteiger charge is -2.25. The summed E-state index contributed by atoms with van der Waals surface area (Å²) in [4.78, 5) is 0. The maximum absolute atomic E-state index is 6.66. The van der Waals surface area contributed by atoms with Gasteiger partial charge in [0.05, 0.1) is 0 Å². The number of rotatable bonds is 4. The standard InChI is InChI=1S/C46H18B10O2/c47-37-35(38(48)42(52)45(55)41(37)51)32-18-22-15-19(11-14-29(22)57-32)20-9-12-23-24-13-10-21(17-31(24)58-30(23)16-20)33-25-5-1-3-7-27(25)34(28-8-4-2-6-26(28)33)36-39(49)43(53)46(56)44(54)40(36)50/h1-18H. The molecule has 2 nitrogen and oxygen atoms in total. The predicted molar refractivity (Wildman–Crippen MR) is 254 cm³/mol. The Balaban J connectivity index is 1.09. The lowest BCUT2D eigenvalue weighted by atomic mass is 9.59. The van der Waals surface area contributed by atoms with Crippen molar-refractivity contribution in [2.75, 3.05) is 0 Å². The fraction of sp³-hybridized carbons (Fsp3) is 0. The minimum Gasteiger partial charge on any atom is -0.456 e. The molecule has 2 aromatic heterocycles. The monoisotopic (exact) mass is 712 g/mol. The second kappa shape index (κ2) is 13.4. The van der Waals surface area contributed by atoms with Crippen LogP contribution < -0.4 is 54.6 Å². The second-order valence-electron chi connectivity index (χ2n) is 14.6. The van der Waals surface area contributed by atoms with Crippen LogP contribution in [0, 0.1) is 0 Å². The van der Waals surface area contributed by atoms with E-state index in [2.05, 4.69) is 54.6 Å². The van der Waals surface area contributed by atoms with Crippen LogP contribution in [-0.4, -0.2) is 78.5 Å². The van der Waals surface area contributed by atoms with Crippen molar-refractivity contribution in [3.8, 4) is 44.7 Å². The molecule has 0 fully saturated rings. The van der Waals surface area contributed by atoms with Crippen molar-refractivity contribution >= 4 is 188 Å². The van der Waals surface area contributed by atoms with Gasteiger partial charge in [-0.3, -0.25) is 0 Å². The van der Waals surface area contributed by atoms with Crippen LogP contribution in [0.4, 0.5) is 0 Å². The molecule has 8 aromatic carbocycles. The third-order valence-electron chi connectivity index (χ3n) is 11.4. The second-order valence-corrected chi connectivity index (χ2v) is 14.6. The molecule has 0 saturated heterocycles. The molecule has 0 bridgehead atoms. The Hall–Kier alpha value is -5.73. The summed E-state index contributed by atoms with van der Waals surface area (Å²) in [6.45, 7) is 0. The summed E-state index contributed by atoms with van der Waals surface area (Å²) >= 11 is 0. The third kappa shape index (κ3) is 5.33. The molecule has 0 aliphatic rings. The third-order valence-corrected chi connectivity index (χ3v) is 11.4. The first-order chi connectivity index (χ1) is 27.9. The van der Waals surface area contributed by atoms with Gasteiger partial charge in [-0.1, -0.05) is 88.6 Å². The zero-order chi connectivity index (χ0) is 40.3. The highest BCUT2D eigenvalue weighted by Crippen LogP contribution is 2.44. The molecule has 244 valence electrons. The van der Waals surface area contributed by atoms with E-state index in [4.69, 9.17) is 87.3 Å². The van der Waals surface area contributed by atoms with E-state index in [1.165, 1.54) is 0 Å². The van der Waals surface area contributed by atoms with E-state index in [1.54, 1.807) is 0 Å². The van der Waals surface area contributed by atoms with Crippen LogP contribution in [0.2, 0.25) is 0 Å². The van der Waals surface area contributed by atoms with E-state index < -0.39 is 0 Å². The first-order valence-electron chi connectivity index (χ1n) is 18.4. The van der Waals surface area contributed by atoms with Gasteiger partial charge in [0.15, 0.2) is 0 Å². The smallest absolute Gasteiger partial charge is 0.136 e. The Labute approximate surface area is 348 Å². The topological polar surface area (TPSA) is 26.3 Å². The highest BCUT2D eigenvalue weighted by atomic mass is 16.3. The molecule has 0 unspecified atom stereocenters. The summed E-state index contributed by atoms with van der Waals surface area (Å²) in [5, 5.41) is 6.69. The molecule has 58 heavy (non-hydrogen) atoms. The Kier molecular flexibility index (Phi) is 8.47. The molecule has 0 spiro atoms. The molecule has 0 aliphatic carbocycles. The summed E-state index contributed by atoms with van der Waals surface area (Å²) in [5.41, 5.74) is 9.95. The molecule has 2 heterocycles. The van der Waals surface area contributed by atoms with Crippen LogP contribution in [0.15, 0.2) is 118 Å². The molecule has 10 rings (SSSR count). The lowest BCUT2D eigenvalue weighted by molar-refractivity contribution is 0.632. The maximum Gasteiger partial charge on any atom is 0.136 e. The van der Waals surface area contributed by atoms with Crippen LogP contribution in [0.1, 0.15) is 0 Å². The number of benzene rings is 8. The lowest BCUT2D eigenvalue weighted by Crippen LogP contribution is -2.55. The minimum atomic E-state index is 0.148. The normalized spacial score (nSPS) is 11.8. The van der Waals surface area contributed by atoms with Gasteiger partial charge < -0.3 is 8.83 Å². The van der Waals surface area contributed by atoms with Gasteiger partial charge in [0, 0.05) is 21.7 Å². The van der Waals surface area contributed by atoms with Crippen molar-refractivity contribution in [2.45, 2.75) is 0 Å². The van der Waals surface area contributed by atoms with Crippen LogP contribution in [-0.2, 0) is 0 Å². The number of fused-ring (bicyclic) bond motifs is 6. The Bertz CT molecular complexity index is 3300. The SMILES string of the molecule is [B]c1c([B])c([B])c(-c2cc3cc(-c4ccc5c(c4)oc4cc(-c6c7ccccc7c(-c7c([B])c([B])c([B])c([B])c7[B])c7ccccc67)ccc45)ccc3o2)c([B])c1[B]. The van der Waals surface area contributed by atoms with E-state index in [0.29, 0.717) is 22.5 Å². The zero-order valence-electron chi connectivity index (χ0n) is 31.0. The number of hydrogen-bond donors (Lipinski definition) is 0. The highest BCUT2D eigenvalue weighted by molar-refractivity contribution is 6.70. The van der Waals surface area contributed by atoms with Crippen molar-refractivity contribution in [2.24, 2.45) is 0 Å². The van der Waals surface area contributed by atoms with E-state index in [1.807, 2.05) is 54.6 Å². The Morgan fingerprint density at radius 1 is 0.276 bits per heavy atom. The summed E-state index contributed by atoms with van der Waals surface area (Å²) in [6, 6.07) is 36.6. The predicted octanol–water partition coefficient (Wildman–Crippen LogP) is 1.24. The Morgan fingerprint density at radius 2 is 0.690 bits per heavy atom. The molecule has 10 aromatic rings. The summed E-state index contributed by atoms with van der Waals surface area (Å²) in [7, 11) is 63.2.